The van der Waals surface area contributed by atoms with Crippen LogP contribution >= 0.6 is 0 Å². The maximum Gasteiger partial charge on any atom is 0.338 e. The van der Waals surface area contributed by atoms with Crippen LogP contribution in [0.25, 0.3) is 11.3 Å². The zero-order valence-corrected chi connectivity index (χ0v) is 37.3. The third kappa shape index (κ3) is 11.9. The van der Waals surface area contributed by atoms with Crippen molar-refractivity contribution >= 4 is 17.7 Å². The van der Waals surface area contributed by atoms with E-state index in [2.05, 4.69) is 15.6 Å². The van der Waals surface area contributed by atoms with Gasteiger partial charge in [-0.3, -0.25) is 4.79 Å². The van der Waals surface area contributed by atoms with Gasteiger partial charge in [0.2, 0.25) is 0 Å². The number of carboxylic acids is 1. The molecule has 0 amide bonds. The second kappa shape index (κ2) is 23.2. The first-order chi connectivity index (χ1) is 31.9. The molecule has 362 valence electrons. The van der Waals surface area contributed by atoms with Crippen molar-refractivity contribution in [3.63, 3.8) is 0 Å². The SMILES string of the molecule is CNCCCC(=O)C1CC(n2cc(-c3ccccc3)nn2)[C@@H](O[C@@H]2OC(C)[C@@H](O)[C@H](O)C2O)[C@H](O[C@@H]2O[C@@H](CO)[C@H](O)C(O[C@@H](CC3CCCCC3)C(=O)O)C2OC(=O)c2ccccc2)C1. The van der Waals surface area contributed by atoms with Gasteiger partial charge in [0.25, 0.3) is 0 Å². The molecule has 2 saturated carbocycles. The molecule has 2 saturated heterocycles. The Morgan fingerprint density at radius 1 is 0.848 bits per heavy atom. The topological polar surface area (TPSA) is 271 Å². The fraction of sp³-hybridized carbons (Fsp3) is 0.638. The Bertz CT molecular complexity index is 2010. The average molecular weight is 925 g/mol. The summed E-state index contributed by atoms with van der Waals surface area (Å²) in [5, 5.41) is 77.6. The number of aliphatic carboxylic acids is 1. The number of ether oxygens (including phenoxy) is 6. The van der Waals surface area contributed by atoms with E-state index in [9.17, 15) is 45.0 Å². The highest BCUT2D eigenvalue weighted by atomic mass is 16.7. The number of nitrogens with zero attached hydrogens (tertiary/aromatic N) is 3. The number of aromatic nitrogens is 3. The van der Waals surface area contributed by atoms with E-state index in [4.69, 9.17) is 28.4 Å². The monoisotopic (exact) mass is 924 g/mol. The largest absolute Gasteiger partial charge is 0.479 e. The summed E-state index contributed by atoms with van der Waals surface area (Å²) in [4.78, 5) is 41.0. The Morgan fingerprint density at radius 3 is 2.24 bits per heavy atom. The Morgan fingerprint density at radius 2 is 1.56 bits per heavy atom. The van der Waals surface area contributed by atoms with Crippen molar-refractivity contribution in [1.29, 1.82) is 0 Å². The normalized spacial score (nSPS) is 33.5. The number of hydrogen-bond acceptors (Lipinski definition) is 17. The lowest BCUT2D eigenvalue weighted by Gasteiger charge is -2.48. The molecule has 15 atom stereocenters. The molecule has 0 bridgehead atoms. The molecule has 0 spiro atoms. The molecule has 2 aliphatic heterocycles. The van der Waals surface area contributed by atoms with Crippen LogP contribution < -0.4 is 5.32 Å². The number of rotatable bonds is 19. The number of Topliss-reactive ketones (excluding diaryl/α,β-unsaturated/α-hetero) is 1. The summed E-state index contributed by atoms with van der Waals surface area (Å²) in [7, 11) is 1.79. The Kier molecular flexibility index (Phi) is 17.4. The van der Waals surface area contributed by atoms with Gasteiger partial charge < -0.3 is 64.4 Å². The molecule has 19 nitrogen and oxygen atoms in total. The molecule has 7 N–H and O–H groups in total. The fourth-order valence-electron chi connectivity index (χ4n) is 9.62. The van der Waals surface area contributed by atoms with Crippen molar-refractivity contribution in [2.75, 3.05) is 20.2 Å². The van der Waals surface area contributed by atoms with Gasteiger partial charge in [-0.2, -0.15) is 0 Å². The number of carbonyl (C=O) groups is 3. The molecule has 7 rings (SSSR count). The van der Waals surface area contributed by atoms with E-state index in [1.165, 1.54) is 23.7 Å². The number of hydrogen-bond donors (Lipinski definition) is 7. The summed E-state index contributed by atoms with van der Waals surface area (Å²) < 4.78 is 39.6. The van der Waals surface area contributed by atoms with Crippen molar-refractivity contribution in [3.05, 3.63) is 72.4 Å². The van der Waals surface area contributed by atoms with Crippen molar-refractivity contribution in [2.45, 2.75) is 157 Å². The van der Waals surface area contributed by atoms with Gasteiger partial charge in [0.15, 0.2) is 24.8 Å². The lowest BCUT2D eigenvalue weighted by Crippen LogP contribution is -2.64. The maximum atomic E-state index is 14.2. The van der Waals surface area contributed by atoms with E-state index in [0.717, 1.165) is 37.7 Å². The van der Waals surface area contributed by atoms with Crippen LogP contribution in [0.5, 0.6) is 0 Å². The van der Waals surface area contributed by atoms with Crippen LogP contribution in [0.4, 0.5) is 0 Å². The molecule has 6 unspecified atom stereocenters. The van der Waals surface area contributed by atoms with Crippen LogP contribution in [0.2, 0.25) is 0 Å². The van der Waals surface area contributed by atoms with Gasteiger partial charge in [-0.15, -0.1) is 5.10 Å². The minimum Gasteiger partial charge on any atom is -0.479 e. The zero-order chi connectivity index (χ0) is 46.9. The van der Waals surface area contributed by atoms with Gasteiger partial charge in [0.05, 0.1) is 36.6 Å². The van der Waals surface area contributed by atoms with Crippen LogP contribution in [-0.4, -0.2) is 163 Å². The third-order valence-electron chi connectivity index (χ3n) is 13.3. The molecule has 0 radical (unpaired) electrons. The van der Waals surface area contributed by atoms with E-state index in [1.54, 1.807) is 31.4 Å². The van der Waals surface area contributed by atoms with Gasteiger partial charge >= 0.3 is 11.9 Å². The first kappa shape index (κ1) is 49.6. The minimum atomic E-state index is -1.75. The second-order valence-electron chi connectivity index (χ2n) is 17.9. The standard InChI is InChI=1S/C47H64N4O15/c1-26-37(54)39(56)40(57)46(61-26)66-41-32(51-24-31(49-50-51)28-15-8-4-9-16-28)22-30(33(53)19-12-20-48-2)23-34(41)63-47-43(65-45(60)29-17-10-5-11-18-29)42(38(55)36(25-52)64-47)62-35(44(58)59)21-27-13-6-3-7-14-27/h4-5,8-11,15-18,24,26-27,30,32,34-43,46-48,52,54-57H,3,6-7,12-14,19-23,25H2,1-2H3,(H,58,59)/t26?,30?,32?,34-,35+,36+,37-,38+,39+,40?,41-,42?,43?,46+,47-/m1/s1. The van der Waals surface area contributed by atoms with Gasteiger partial charge in [-0.1, -0.05) is 85.8 Å². The summed E-state index contributed by atoms with van der Waals surface area (Å²) in [6, 6.07) is 16.4. The quantitative estimate of drug-likeness (QED) is 0.0671. The highest BCUT2D eigenvalue weighted by Crippen LogP contribution is 2.42. The zero-order valence-electron chi connectivity index (χ0n) is 37.3. The predicted molar refractivity (Wildman–Crippen MR) is 232 cm³/mol. The van der Waals surface area contributed by atoms with Crippen molar-refractivity contribution in [1.82, 2.24) is 20.3 Å². The number of esters is 1. The van der Waals surface area contributed by atoms with Gasteiger partial charge in [0, 0.05) is 17.9 Å². The number of aliphatic hydroxyl groups excluding tert-OH is 5. The van der Waals surface area contributed by atoms with Crippen LogP contribution in [-0.2, 0) is 38.0 Å². The van der Waals surface area contributed by atoms with E-state index in [-0.39, 0.29) is 42.9 Å². The summed E-state index contributed by atoms with van der Waals surface area (Å²) in [5.74, 6) is -2.93. The van der Waals surface area contributed by atoms with E-state index >= 15 is 0 Å². The molecule has 19 heteroatoms. The summed E-state index contributed by atoms with van der Waals surface area (Å²) in [5.41, 5.74) is 1.37. The molecule has 4 aliphatic rings. The first-order valence-corrected chi connectivity index (χ1v) is 23.1. The molecular formula is C47H64N4O15. The molecule has 66 heavy (non-hydrogen) atoms. The minimum absolute atomic E-state index is 0.0279. The number of carboxylic acid groups (broad SMARTS) is 1. The molecule has 3 aromatic rings. The van der Waals surface area contributed by atoms with Crippen LogP contribution in [0.3, 0.4) is 0 Å². The van der Waals surface area contributed by atoms with Crippen molar-refractivity contribution in [3.8, 4) is 11.3 Å². The first-order valence-electron chi connectivity index (χ1n) is 23.1. The molecule has 1 aromatic heterocycles. The predicted octanol–water partition coefficient (Wildman–Crippen LogP) is 2.18. The van der Waals surface area contributed by atoms with E-state index in [1.807, 2.05) is 30.3 Å². The van der Waals surface area contributed by atoms with Crippen LogP contribution in [0.1, 0.15) is 87.5 Å². The third-order valence-corrected chi connectivity index (χ3v) is 13.3. The highest BCUT2D eigenvalue weighted by molar-refractivity contribution is 5.89. The molecule has 2 aliphatic carbocycles. The van der Waals surface area contributed by atoms with Gasteiger partial charge in [-0.25, -0.2) is 14.3 Å². The smallest absolute Gasteiger partial charge is 0.338 e. The number of benzene rings is 2. The molecule has 2 aromatic carbocycles. The Labute approximate surface area is 383 Å². The molecule has 4 fully saturated rings. The molecule has 3 heterocycles. The Hall–Kier alpha value is -4.25. The number of aliphatic hydroxyl groups is 5. The number of carbonyl (C=O) groups excluding carboxylic acids is 2. The van der Waals surface area contributed by atoms with E-state index in [0.29, 0.717) is 18.7 Å². The van der Waals surface area contributed by atoms with Gasteiger partial charge in [0.1, 0.15) is 54.2 Å². The summed E-state index contributed by atoms with van der Waals surface area (Å²) >= 11 is 0. The number of ketones is 1. The Balaban J connectivity index is 1.29. The average Bonchev–Trinajstić information content (AvgIpc) is 3.83. The molecular weight excluding hydrogens is 861 g/mol. The maximum absolute atomic E-state index is 14.2. The lowest BCUT2D eigenvalue weighted by molar-refractivity contribution is -0.348. The van der Waals surface area contributed by atoms with Crippen molar-refractivity contribution < 1.29 is 73.4 Å². The highest BCUT2D eigenvalue weighted by Gasteiger charge is 2.54. The summed E-state index contributed by atoms with van der Waals surface area (Å²) in [6.45, 7) is 1.31. The lowest BCUT2D eigenvalue weighted by atomic mass is 9.78. The van der Waals surface area contributed by atoms with E-state index < -0.39 is 110 Å². The van der Waals surface area contributed by atoms with Crippen molar-refractivity contribution in [2.24, 2.45) is 11.8 Å². The second-order valence-corrected chi connectivity index (χ2v) is 17.9. The van der Waals surface area contributed by atoms with Crippen LogP contribution in [0.15, 0.2) is 66.9 Å². The summed E-state index contributed by atoms with van der Waals surface area (Å²) in [6.07, 6.45) is -12.2. The van der Waals surface area contributed by atoms with Crippen LogP contribution in [0, 0.1) is 11.8 Å². The van der Waals surface area contributed by atoms with Gasteiger partial charge in [-0.05, 0) is 64.3 Å². The fourth-order valence-corrected chi connectivity index (χ4v) is 9.62. The number of nitrogens with one attached hydrogen (secondary N) is 1.